The van der Waals surface area contributed by atoms with Gasteiger partial charge >= 0.3 is 0 Å². The zero-order valence-corrected chi connectivity index (χ0v) is 13.4. The number of morpholine rings is 1. The smallest absolute Gasteiger partial charge is 0.236 e. The monoisotopic (exact) mass is 307 g/mol. The van der Waals surface area contributed by atoms with Crippen molar-refractivity contribution < 1.29 is 9.53 Å². The van der Waals surface area contributed by atoms with E-state index in [2.05, 4.69) is 22.0 Å². The molecule has 0 radical (unpaired) electrons. The molecule has 1 aromatic heterocycles. The van der Waals surface area contributed by atoms with Gasteiger partial charge in [-0.3, -0.25) is 9.69 Å². The molecule has 0 aromatic carbocycles. The van der Waals surface area contributed by atoms with E-state index in [1.165, 1.54) is 12.8 Å². The molecule has 1 atom stereocenters. The summed E-state index contributed by atoms with van der Waals surface area (Å²) in [5, 5.41) is 7.99. The fraction of sp³-hybridized carbons (Fsp3) is 0.800. The van der Waals surface area contributed by atoms with Crippen molar-refractivity contribution in [3.8, 4) is 0 Å². The molecule has 7 nitrogen and oxygen atoms in total. The van der Waals surface area contributed by atoms with E-state index in [1.807, 2.05) is 16.5 Å². The third-order valence-corrected chi connectivity index (χ3v) is 4.69. The Labute approximate surface area is 131 Å². The van der Waals surface area contributed by atoms with E-state index in [1.54, 1.807) is 6.33 Å². The molecular weight excluding hydrogens is 282 g/mol. The number of aryl methyl sites for hydroxylation is 1. The third-order valence-electron chi connectivity index (χ3n) is 4.69. The zero-order valence-electron chi connectivity index (χ0n) is 13.4. The zero-order chi connectivity index (χ0) is 15.5. The number of carbonyl (C=O) groups is 1. The highest BCUT2D eigenvalue weighted by molar-refractivity contribution is 5.78. The summed E-state index contributed by atoms with van der Waals surface area (Å²) in [6.07, 6.45) is 3.87. The minimum atomic E-state index is -0.174. The van der Waals surface area contributed by atoms with Crippen molar-refractivity contribution in [3.05, 3.63) is 12.2 Å². The molecule has 2 fully saturated rings. The summed E-state index contributed by atoms with van der Waals surface area (Å²) in [4.78, 5) is 16.7. The Morgan fingerprint density at radius 3 is 2.82 bits per heavy atom. The summed E-state index contributed by atoms with van der Waals surface area (Å²) in [5.74, 6) is 1.77. The van der Waals surface area contributed by atoms with E-state index in [9.17, 15) is 4.79 Å². The maximum absolute atomic E-state index is 12.5. The van der Waals surface area contributed by atoms with Crippen LogP contribution in [-0.2, 0) is 16.6 Å². The number of nitrogens with zero attached hydrogens (tertiary/aromatic N) is 5. The van der Waals surface area contributed by atoms with Crippen LogP contribution in [0.2, 0.25) is 0 Å². The van der Waals surface area contributed by atoms with Gasteiger partial charge in [0.1, 0.15) is 12.4 Å². The summed E-state index contributed by atoms with van der Waals surface area (Å²) < 4.78 is 7.61. The number of hydrogen-bond acceptors (Lipinski definition) is 5. The Bertz CT molecular complexity index is 510. The van der Waals surface area contributed by atoms with Crippen LogP contribution in [0.15, 0.2) is 6.33 Å². The first-order valence-electron chi connectivity index (χ1n) is 8.09. The molecule has 0 N–H and O–H groups in total. The minimum Gasteiger partial charge on any atom is -0.366 e. The van der Waals surface area contributed by atoms with Crippen LogP contribution in [-0.4, -0.2) is 69.8 Å². The largest absolute Gasteiger partial charge is 0.366 e. The second kappa shape index (κ2) is 6.75. The highest BCUT2D eigenvalue weighted by atomic mass is 16.5. The van der Waals surface area contributed by atoms with Gasteiger partial charge in [0.2, 0.25) is 5.91 Å². The normalized spacial score (nSPS) is 24.6. The van der Waals surface area contributed by atoms with Crippen LogP contribution < -0.4 is 0 Å². The molecule has 0 bridgehead atoms. The molecule has 1 unspecified atom stereocenters. The lowest BCUT2D eigenvalue weighted by atomic mass is 9.99. The number of aromatic nitrogens is 3. The van der Waals surface area contributed by atoms with Crippen molar-refractivity contribution in [2.24, 2.45) is 13.0 Å². The molecule has 1 amide bonds. The fourth-order valence-corrected chi connectivity index (χ4v) is 3.13. The molecule has 0 spiro atoms. The number of hydrogen-bond donors (Lipinski definition) is 0. The second-order valence-electron chi connectivity index (χ2n) is 6.46. The van der Waals surface area contributed by atoms with E-state index in [0.717, 1.165) is 24.8 Å². The Balaban J connectivity index is 1.55. The van der Waals surface area contributed by atoms with Gasteiger partial charge in [0.15, 0.2) is 5.82 Å². The third kappa shape index (κ3) is 3.47. The lowest BCUT2D eigenvalue weighted by molar-refractivity contribution is -0.141. The summed E-state index contributed by atoms with van der Waals surface area (Å²) in [6.45, 7) is 6.66. The highest BCUT2D eigenvalue weighted by Crippen LogP contribution is 2.21. The molecule has 22 heavy (non-hydrogen) atoms. The van der Waals surface area contributed by atoms with E-state index < -0.39 is 0 Å². The minimum absolute atomic E-state index is 0.174. The van der Waals surface area contributed by atoms with Crippen molar-refractivity contribution in [2.45, 2.75) is 25.9 Å². The van der Waals surface area contributed by atoms with E-state index in [0.29, 0.717) is 26.2 Å². The number of piperidine rings is 1. The van der Waals surface area contributed by atoms with Crippen LogP contribution >= 0.6 is 0 Å². The van der Waals surface area contributed by atoms with Crippen LogP contribution in [0.4, 0.5) is 0 Å². The Kier molecular flexibility index (Phi) is 4.73. The quantitative estimate of drug-likeness (QED) is 0.811. The summed E-state index contributed by atoms with van der Waals surface area (Å²) in [7, 11) is 1.90. The molecule has 1 aromatic rings. The lowest BCUT2D eigenvalue weighted by Crippen LogP contribution is -2.48. The Morgan fingerprint density at radius 2 is 2.14 bits per heavy atom. The van der Waals surface area contributed by atoms with Crippen LogP contribution in [0, 0.1) is 5.92 Å². The van der Waals surface area contributed by atoms with Crippen molar-refractivity contribution in [1.82, 2.24) is 24.6 Å². The fourth-order valence-electron chi connectivity index (χ4n) is 3.13. The first kappa shape index (κ1) is 15.4. The van der Waals surface area contributed by atoms with Crippen LogP contribution in [0.5, 0.6) is 0 Å². The van der Waals surface area contributed by atoms with Gasteiger partial charge in [-0.25, -0.2) is 0 Å². The maximum Gasteiger partial charge on any atom is 0.236 e. The molecule has 122 valence electrons. The average molecular weight is 307 g/mol. The Hall–Kier alpha value is -1.47. The molecule has 2 aliphatic rings. The Morgan fingerprint density at radius 1 is 1.36 bits per heavy atom. The lowest BCUT2D eigenvalue weighted by Gasteiger charge is -2.35. The number of ether oxygens (including phenoxy) is 1. The summed E-state index contributed by atoms with van der Waals surface area (Å²) in [6, 6.07) is 0. The van der Waals surface area contributed by atoms with Crippen molar-refractivity contribution >= 4 is 5.91 Å². The van der Waals surface area contributed by atoms with Crippen LogP contribution in [0.25, 0.3) is 0 Å². The average Bonchev–Trinajstić information content (AvgIpc) is 2.96. The molecular formula is C15H25N5O2. The SMILES string of the molecule is CC1CCN(CC(=O)N2CCOC(c3nncn3C)C2)CC1. The highest BCUT2D eigenvalue weighted by Gasteiger charge is 2.29. The van der Waals surface area contributed by atoms with Gasteiger partial charge in [-0.05, 0) is 31.8 Å². The van der Waals surface area contributed by atoms with Crippen LogP contribution in [0.1, 0.15) is 31.7 Å². The van der Waals surface area contributed by atoms with Crippen molar-refractivity contribution in [3.63, 3.8) is 0 Å². The number of rotatable bonds is 3. The second-order valence-corrected chi connectivity index (χ2v) is 6.46. The van der Waals surface area contributed by atoms with E-state index in [4.69, 9.17) is 4.74 Å². The van der Waals surface area contributed by atoms with Gasteiger partial charge in [-0.2, -0.15) is 0 Å². The molecule has 3 heterocycles. The molecule has 2 saturated heterocycles. The summed E-state index contributed by atoms with van der Waals surface area (Å²) in [5.41, 5.74) is 0. The van der Waals surface area contributed by atoms with Gasteiger partial charge < -0.3 is 14.2 Å². The van der Waals surface area contributed by atoms with Crippen molar-refractivity contribution in [1.29, 1.82) is 0 Å². The van der Waals surface area contributed by atoms with E-state index >= 15 is 0 Å². The maximum atomic E-state index is 12.5. The topological polar surface area (TPSA) is 63.5 Å². The van der Waals surface area contributed by atoms with Crippen LogP contribution in [0.3, 0.4) is 0 Å². The number of carbonyl (C=O) groups excluding carboxylic acids is 1. The van der Waals surface area contributed by atoms with Gasteiger partial charge in [-0.1, -0.05) is 6.92 Å². The first-order valence-corrected chi connectivity index (χ1v) is 8.09. The van der Waals surface area contributed by atoms with Gasteiger partial charge in [0, 0.05) is 13.6 Å². The van der Waals surface area contributed by atoms with Gasteiger partial charge in [0.05, 0.1) is 19.7 Å². The molecule has 0 saturated carbocycles. The molecule has 7 heteroatoms. The predicted molar refractivity (Wildman–Crippen MR) is 81.1 cm³/mol. The van der Waals surface area contributed by atoms with Crippen molar-refractivity contribution in [2.75, 3.05) is 39.3 Å². The number of amides is 1. The molecule has 0 aliphatic carbocycles. The van der Waals surface area contributed by atoms with Gasteiger partial charge in [0.25, 0.3) is 0 Å². The van der Waals surface area contributed by atoms with Gasteiger partial charge in [-0.15, -0.1) is 10.2 Å². The predicted octanol–water partition coefficient (Wildman–Crippen LogP) is 0.447. The molecule has 3 rings (SSSR count). The summed E-state index contributed by atoms with van der Waals surface area (Å²) >= 11 is 0. The standard InChI is InChI=1S/C15H25N5O2/c1-12-3-5-19(6-4-12)10-14(21)20-7-8-22-13(9-20)15-17-16-11-18(15)2/h11-13H,3-10H2,1-2H3. The number of likely N-dealkylation sites (tertiary alicyclic amines) is 1. The first-order chi connectivity index (χ1) is 10.6. The molecule has 2 aliphatic heterocycles. The van der Waals surface area contributed by atoms with E-state index in [-0.39, 0.29) is 12.0 Å².